The molecule has 0 aromatic heterocycles. The van der Waals surface area contributed by atoms with Crippen molar-refractivity contribution in [2.75, 3.05) is 26.7 Å². The van der Waals surface area contributed by atoms with Crippen molar-refractivity contribution in [1.29, 1.82) is 0 Å². The maximum absolute atomic E-state index is 13.9. The number of nitrogens with zero attached hydrogens (tertiary/aromatic N) is 2. The first-order valence-electron chi connectivity index (χ1n) is 9.58. The molecular formula is C22H22F2N2O3. The minimum atomic E-state index is -0.734. The minimum absolute atomic E-state index is 0.0948. The fourth-order valence-corrected chi connectivity index (χ4v) is 4.17. The summed E-state index contributed by atoms with van der Waals surface area (Å²) < 4.78 is 32.4. The Morgan fingerprint density at radius 1 is 1.10 bits per heavy atom. The molecule has 2 saturated heterocycles. The van der Waals surface area contributed by atoms with E-state index in [4.69, 9.17) is 4.74 Å². The van der Waals surface area contributed by atoms with Crippen molar-refractivity contribution in [3.63, 3.8) is 0 Å². The average molecular weight is 400 g/mol. The second kappa shape index (κ2) is 7.46. The predicted octanol–water partition coefficient (Wildman–Crippen LogP) is 3.24. The number of likely N-dealkylation sites (tertiary alicyclic amines) is 2. The second-order valence-electron chi connectivity index (χ2n) is 7.71. The number of amides is 2. The molecule has 2 aliphatic heterocycles. The molecule has 7 heteroatoms. The van der Waals surface area contributed by atoms with Gasteiger partial charge in [0, 0.05) is 26.2 Å². The van der Waals surface area contributed by atoms with Gasteiger partial charge in [0.05, 0.1) is 18.1 Å². The Hall–Kier alpha value is -2.96. The van der Waals surface area contributed by atoms with Gasteiger partial charge in [0.1, 0.15) is 17.4 Å². The highest BCUT2D eigenvalue weighted by Crippen LogP contribution is 2.42. The van der Waals surface area contributed by atoms with Crippen LogP contribution in [-0.2, 0) is 11.3 Å². The second-order valence-corrected chi connectivity index (χ2v) is 7.71. The van der Waals surface area contributed by atoms with Gasteiger partial charge in [-0.2, -0.15) is 0 Å². The lowest BCUT2D eigenvalue weighted by molar-refractivity contribution is -0.165. The van der Waals surface area contributed by atoms with Gasteiger partial charge in [0.15, 0.2) is 0 Å². The molecule has 2 aromatic rings. The molecular weight excluding hydrogens is 378 g/mol. The normalized spacial score (nSPS) is 18.0. The van der Waals surface area contributed by atoms with Gasteiger partial charge in [-0.25, -0.2) is 8.78 Å². The van der Waals surface area contributed by atoms with E-state index in [1.807, 2.05) is 29.2 Å². The van der Waals surface area contributed by atoms with E-state index >= 15 is 0 Å². The number of hydrogen-bond acceptors (Lipinski definition) is 3. The predicted molar refractivity (Wildman–Crippen MR) is 102 cm³/mol. The number of benzene rings is 2. The number of piperidine rings is 1. The van der Waals surface area contributed by atoms with Crippen molar-refractivity contribution in [2.24, 2.45) is 5.41 Å². The van der Waals surface area contributed by atoms with Gasteiger partial charge in [-0.3, -0.25) is 9.59 Å². The third-order valence-electron chi connectivity index (χ3n) is 5.93. The Labute approximate surface area is 167 Å². The molecule has 0 radical (unpaired) electrons. The van der Waals surface area contributed by atoms with Crippen LogP contribution in [0.3, 0.4) is 0 Å². The Morgan fingerprint density at radius 2 is 1.79 bits per heavy atom. The Balaban J connectivity index is 1.35. The molecule has 0 N–H and O–H groups in total. The van der Waals surface area contributed by atoms with Gasteiger partial charge in [-0.05, 0) is 48.7 Å². The standard InChI is InChI=1S/C22H22F2N2O3/c1-29-17-5-2-15(3-6-17)13-26-14-22(21(26)28)8-10-25(11-9-22)20(27)18-12-16(23)4-7-19(18)24/h2-7,12H,8-11,13-14H2,1H3. The molecule has 2 fully saturated rings. The Kier molecular flexibility index (Phi) is 4.98. The van der Waals surface area contributed by atoms with Crippen molar-refractivity contribution in [1.82, 2.24) is 9.80 Å². The largest absolute Gasteiger partial charge is 0.497 e. The van der Waals surface area contributed by atoms with Gasteiger partial charge in [0.25, 0.3) is 5.91 Å². The molecule has 4 rings (SSSR count). The van der Waals surface area contributed by atoms with Crippen LogP contribution in [0.25, 0.3) is 0 Å². The summed E-state index contributed by atoms with van der Waals surface area (Å²) in [5.41, 5.74) is 0.328. The summed E-state index contributed by atoms with van der Waals surface area (Å²) in [4.78, 5) is 28.7. The molecule has 0 saturated carbocycles. The first-order chi connectivity index (χ1) is 13.9. The van der Waals surface area contributed by atoms with Crippen LogP contribution in [0.15, 0.2) is 42.5 Å². The molecule has 5 nitrogen and oxygen atoms in total. The summed E-state index contributed by atoms with van der Waals surface area (Å²) in [5.74, 6) is -1.04. The first kappa shape index (κ1) is 19.4. The lowest BCUT2D eigenvalue weighted by atomic mass is 9.71. The highest BCUT2D eigenvalue weighted by Gasteiger charge is 2.53. The zero-order chi connectivity index (χ0) is 20.6. The molecule has 152 valence electrons. The van der Waals surface area contributed by atoms with E-state index in [0.29, 0.717) is 39.0 Å². The topological polar surface area (TPSA) is 49.9 Å². The number of β-lactam (4-membered cyclic amide) rings is 1. The van der Waals surface area contributed by atoms with Gasteiger partial charge in [0.2, 0.25) is 5.91 Å². The van der Waals surface area contributed by atoms with Crippen LogP contribution in [0.4, 0.5) is 8.78 Å². The number of ether oxygens (including phenoxy) is 1. The molecule has 2 aliphatic rings. The average Bonchev–Trinajstić information content (AvgIpc) is 2.75. The van der Waals surface area contributed by atoms with Crippen molar-refractivity contribution < 1.29 is 23.1 Å². The Bertz CT molecular complexity index is 938. The highest BCUT2D eigenvalue weighted by molar-refractivity contribution is 5.95. The van der Waals surface area contributed by atoms with E-state index in [1.165, 1.54) is 4.90 Å². The molecule has 1 spiro atoms. The zero-order valence-corrected chi connectivity index (χ0v) is 16.2. The summed E-state index contributed by atoms with van der Waals surface area (Å²) in [5, 5.41) is 0. The minimum Gasteiger partial charge on any atom is -0.497 e. The van der Waals surface area contributed by atoms with E-state index in [2.05, 4.69) is 0 Å². The SMILES string of the molecule is COc1ccc(CN2CC3(CCN(C(=O)c4cc(F)ccc4F)CC3)C2=O)cc1. The number of halogens is 2. The van der Waals surface area contributed by atoms with Crippen LogP contribution in [0.2, 0.25) is 0 Å². The van der Waals surface area contributed by atoms with Crippen LogP contribution in [-0.4, -0.2) is 48.4 Å². The third kappa shape index (κ3) is 3.57. The van der Waals surface area contributed by atoms with Gasteiger partial charge in [-0.1, -0.05) is 12.1 Å². The summed E-state index contributed by atoms with van der Waals surface area (Å²) in [6, 6.07) is 10.5. The number of carbonyl (C=O) groups is 2. The fourth-order valence-electron chi connectivity index (χ4n) is 4.17. The van der Waals surface area contributed by atoms with Crippen LogP contribution >= 0.6 is 0 Å². The van der Waals surface area contributed by atoms with Crippen molar-refractivity contribution >= 4 is 11.8 Å². The summed E-state index contributed by atoms with van der Waals surface area (Å²) in [6.45, 7) is 1.91. The monoisotopic (exact) mass is 400 g/mol. The van der Waals surface area contributed by atoms with E-state index in [1.54, 1.807) is 7.11 Å². The number of carbonyl (C=O) groups excluding carboxylic acids is 2. The number of methoxy groups -OCH3 is 1. The molecule has 0 bridgehead atoms. The molecule has 2 heterocycles. The smallest absolute Gasteiger partial charge is 0.256 e. The Morgan fingerprint density at radius 3 is 2.41 bits per heavy atom. The highest BCUT2D eigenvalue weighted by atomic mass is 19.1. The van der Waals surface area contributed by atoms with Crippen molar-refractivity contribution in [3.8, 4) is 5.75 Å². The van der Waals surface area contributed by atoms with E-state index in [9.17, 15) is 18.4 Å². The molecule has 29 heavy (non-hydrogen) atoms. The zero-order valence-electron chi connectivity index (χ0n) is 16.2. The summed E-state index contributed by atoms with van der Waals surface area (Å²) in [6.07, 6.45) is 1.07. The first-order valence-corrected chi connectivity index (χ1v) is 9.58. The third-order valence-corrected chi connectivity index (χ3v) is 5.93. The van der Waals surface area contributed by atoms with Crippen LogP contribution in [0, 0.1) is 17.0 Å². The van der Waals surface area contributed by atoms with Gasteiger partial charge in [-0.15, -0.1) is 0 Å². The maximum atomic E-state index is 13.9. The van der Waals surface area contributed by atoms with Crippen LogP contribution < -0.4 is 4.74 Å². The molecule has 0 unspecified atom stereocenters. The lowest BCUT2D eigenvalue weighted by Crippen LogP contribution is -2.64. The van der Waals surface area contributed by atoms with Crippen molar-refractivity contribution in [3.05, 3.63) is 65.2 Å². The van der Waals surface area contributed by atoms with E-state index in [-0.39, 0.29) is 11.5 Å². The summed E-state index contributed by atoms with van der Waals surface area (Å²) >= 11 is 0. The molecule has 2 aromatic carbocycles. The molecule has 2 amide bonds. The van der Waals surface area contributed by atoms with E-state index < -0.39 is 23.0 Å². The van der Waals surface area contributed by atoms with Crippen molar-refractivity contribution in [2.45, 2.75) is 19.4 Å². The fraction of sp³-hybridized carbons (Fsp3) is 0.364. The maximum Gasteiger partial charge on any atom is 0.256 e. The molecule has 0 atom stereocenters. The molecule has 0 aliphatic carbocycles. The number of hydrogen-bond donors (Lipinski definition) is 0. The van der Waals surface area contributed by atoms with Crippen LogP contribution in [0.1, 0.15) is 28.8 Å². The quantitative estimate of drug-likeness (QED) is 0.741. The number of rotatable bonds is 4. The van der Waals surface area contributed by atoms with E-state index in [0.717, 1.165) is 29.5 Å². The lowest BCUT2D eigenvalue weighted by Gasteiger charge is -2.52. The van der Waals surface area contributed by atoms with Gasteiger partial charge < -0.3 is 14.5 Å². The van der Waals surface area contributed by atoms with Crippen LogP contribution in [0.5, 0.6) is 5.75 Å². The summed E-state index contributed by atoms with van der Waals surface area (Å²) in [7, 11) is 1.61. The van der Waals surface area contributed by atoms with Gasteiger partial charge >= 0.3 is 0 Å².